The second-order valence-electron chi connectivity index (χ2n) is 7.34. The molecule has 2 aromatic heterocycles. The fourth-order valence-corrected chi connectivity index (χ4v) is 4.15. The molecule has 1 fully saturated rings. The van der Waals surface area contributed by atoms with E-state index < -0.39 is 0 Å². The van der Waals surface area contributed by atoms with Crippen LogP contribution >= 0.6 is 11.6 Å². The van der Waals surface area contributed by atoms with Crippen LogP contribution in [0.25, 0.3) is 27.8 Å². The lowest BCUT2D eigenvalue weighted by atomic mass is 10.1. The first-order chi connectivity index (χ1) is 14.3. The Bertz CT molecular complexity index is 1130. The molecular formula is C23H22ClN5. The number of halogens is 1. The third-order valence-corrected chi connectivity index (χ3v) is 5.65. The molecule has 0 spiro atoms. The monoisotopic (exact) mass is 403 g/mol. The van der Waals surface area contributed by atoms with Crippen LogP contribution in [0.3, 0.4) is 0 Å². The second kappa shape index (κ2) is 7.85. The molecular weight excluding hydrogens is 382 g/mol. The lowest BCUT2D eigenvalue weighted by molar-refractivity contribution is 0.478. The molecule has 0 saturated carbocycles. The van der Waals surface area contributed by atoms with E-state index in [1.165, 1.54) is 0 Å². The van der Waals surface area contributed by atoms with Gasteiger partial charge in [-0.3, -0.25) is 0 Å². The number of nitrogens with one attached hydrogen (secondary N) is 2. The molecule has 1 atom stereocenters. The number of nitrogens with zero attached hydrogens (tertiary/aromatic N) is 3. The minimum atomic E-state index is 0.337. The van der Waals surface area contributed by atoms with Crippen molar-refractivity contribution in [2.24, 2.45) is 0 Å². The zero-order chi connectivity index (χ0) is 19.6. The molecule has 3 heterocycles. The summed E-state index contributed by atoms with van der Waals surface area (Å²) >= 11 is 6.55. The van der Waals surface area contributed by atoms with Crippen molar-refractivity contribution in [3.8, 4) is 16.9 Å². The predicted molar refractivity (Wildman–Crippen MR) is 119 cm³/mol. The molecule has 2 N–H and O–H groups in total. The van der Waals surface area contributed by atoms with Gasteiger partial charge in [0.2, 0.25) is 5.95 Å². The van der Waals surface area contributed by atoms with E-state index in [1.807, 2.05) is 24.3 Å². The van der Waals surface area contributed by atoms with Gasteiger partial charge in [0.1, 0.15) is 0 Å². The van der Waals surface area contributed by atoms with Gasteiger partial charge in [-0.2, -0.15) is 0 Å². The molecule has 0 radical (unpaired) electrons. The Labute approximate surface area is 174 Å². The van der Waals surface area contributed by atoms with Gasteiger partial charge in [-0.05, 0) is 37.6 Å². The van der Waals surface area contributed by atoms with Gasteiger partial charge in [0.05, 0.1) is 22.4 Å². The van der Waals surface area contributed by atoms with E-state index in [4.69, 9.17) is 16.6 Å². The number of aromatic nitrogens is 3. The molecule has 5 rings (SSSR count). The van der Waals surface area contributed by atoms with Gasteiger partial charge in [0, 0.05) is 35.4 Å². The Morgan fingerprint density at radius 3 is 2.72 bits per heavy atom. The minimum absolute atomic E-state index is 0.337. The minimum Gasteiger partial charge on any atom is -0.350 e. The number of benzene rings is 2. The zero-order valence-corrected chi connectivity index (χ0v) is 16.7. The van der Waals surface area contributed by atoms with Crippen LogP contribution in [-0.2, 0) is 0 Å². The standard InChI is InChI=1S/C23H22ClN5/c24-20-14-26-23(27-16-7-6-12-25-13-16)28-22(20)19-15-29(17-8-2-1-3-9-17)21-11-5-4-10-18(19)21/h1-5,8-11,14-16,25H,6-7,12-13H2,(H,26,27,28)/t16-/m0/s1. The molecule has 0 bridgehead atoms. The highest BCUT2D eigenvalue weighted by atomic mass is 35.5. The lowest BCUT2D eigenvalue weighted by Gasteiger charge is -2.23. The Morgan fingerprint density at radius 1 is 1.07 bits per heavy atom. The van der Waals surface area contributed by atoms with Crippen LogP contribution in [0.1, 0.15) is 12.8 Å². The highest BCUT2D eigenvalue weighted by molar-refractivity contribution is 6.33. The Kier molecular flexibility index (Phi) is 4.92. The number of hydrogen-bond acceptors (Lipinski definition) is 4. The van der Waals surface area contributed by atoms with E-state index in [9.17, 15) is 0 Å². The van der Waals surface area contributed by atoms with E-state index in [0.29, 0.717) is 17.0 Å². The maximum atomic E-state index is 6.55. The fraction of sp³-hybridized carbons (Fsp3) is 0.217. The van der Waals surface area contributed by atoms with Gasteiger partial charge in [0.25, 0.3) is 0 Å². The molecule has 0 aliphatic carbocycles. The lowest BCUT2D eigenvalue weighted by Crippen LogP contribution is -2.38. The van der Waals surface area contributed by atoms with Gasteiger partial charge in [0.15, 0.2) is 0 Å². The average molecular weight is 404 g/mol. The largest absolute Gasteiger partial charge is 0.350 e. The zero-order valence-electron chi connectivity index (χ0n) is 16.0. The van der Waals surface area contributed by atoms with Crippen molar-refractivity contribution in [3.05, 3.63) is 72.0 Å². The van der Waals surface area contributed by atoms with E-state index in [0.717, 1.165) is 53.8 Å². The van der Waals surface area contributed by atoms with E-state index >= 15 is 0 Å². The van der Waals surface area contributed by atoms with Crippen LogP contribution in [0.4, 0.5) is 5.95 Å². The fourth-order valence-electron chi connectivity index (χ4n) is 3.95. The van der Waals surface area contributed by atoms with Crippen LogP contribution in [0.2, 0.25) is 5.02 Å². The predicted octanol–water partition coefficient (Wildman–Crippen LogP) is 4.90. The van der Waals surface area contributed by atoms with E-state index in [1.54, 1.807) is 6.20 Å². The Balaban J connectivity index is 1.59. The van der Waals surface area contributed by atoms with Gasteiger partial charge in [-0.25, -0.2) is 9.97 Å². The summed E-state index contributed by atoms with van der Waals surface area (Å²) < 4.78 is 2.18. The summed E-state index contributed by atoms with van der Waals surface area (Å²) in [5.41, 5.74) is 3.97. The van der Waals surface area contributed by atoms with E-state index in [2.05, 4.69) is 56.7 Å². The van der Waals surface area contributed by atoms with Crippen molar-refractivity contribution in [2.45, 2.75) is 18.9 Å². The maximum Gasteiger partial charge on any atom is 0.223 e. The summed E-state index contributed by atoms with van der Waals surface area (Å²) in [6.45, 7) is 2.00. The van der Waals surface area contributed by atoms with Gasteiger partial charge < -0.3 is 15.2 Å². The Morgan fingerprint density at radius 2 is 1.90 bits per heavy atom. The highest BCUT2D eigenvalue weighted by Gasteiger charge is 2.18. The third kappa shape index (κ3) is 3.59. The summed E-state index contributed by atoms with van der Waals surface area (Å²) in [6.07, 6.45) is 6.07. The first kappa shape index (κ1) is 18.2. The van der Waals surface area contributed by atoms with Crippen LogP contribution < -0.4 is 10.6 Å². The first-order valence-electron chi connectivity index (χ1n) is 9.95. The van der Waals surface area contributed by atoms with Crippen LogP contribution in [0, 0.1) is 0 Å². The Hall–Kier alpha value is -2.89. The molecule has 1 aliphatic rings. The summed E-state index contributed by atoms with van der Waals surface area (Å²) in [5.74, 6) is 0.620. The quantitative estimate of drug-likeness (QED) is 0.508. The van der Waals surface area contributed by atoms with Crippen LogP contribution in [0.15, 0.2) is 67.0 Å². The molecule has 6 heteroatoms. The molecule has 0 unspecified atom stereocenters. The number of hydrogen-bond donors (Lipinski definition) is 2. The van der Waals surface area contributed by atoms with Crippen LogP contribution in [-0.4, -0.2) is 33.7 Å². The van der Waals surface area contributed by atoms with E-state index in [-0.39, 0.29) is 0 Å². The number of fused-ring (bicyclic) bond motifs is 1. The smallest absolute Gasteiger partial charge is 0.223 e. The number of piperidine rings is 1. The molecule has 5 nitrogen and oxygen atoms in total. The second-order valence-corrected chi connectivity index (χ2v) is 7.75. The molecule has 1 aliphatic heterocycles. The van der Waals surface area contributed by atoms with Crippen LogP contribution in [0.5, 0.6) is 0 Å². The summed E-state index contributed by atoms with van der Waals surface area (Å²) in [5, 5.41) is 8.53. The molecule has 0 amide bonds. The SMILES string of the molecule is Clc1cnc(N[C@H]2CCCNC2)nc1-c1cn(-c2ccccc2)c2ccccc12. The van der Waals surface area contributed by atoms with Crippen molar-refractivity contribution in [1.29, 1.82) is 0 Å². The summed E-state index contributed by atoms with van der Waals surface area (Å²) in [6, 6.07) is 19.0. The average Bonchev–Trinajstić information content (AvgIpc) is 3.16. The topological polar surface area (TPSA) is 54.8 Å². The molecule has 4 aromatic rings. The number of para-hydroxylation sites is 2. The number of anilines is 1. The maximum absolute atomic E-state index is 6.55. The molecule has 1 saturated heterocycles. The number of rotatable bonds is 4. The van der Waals surface area contributed by atoms with Gasteiger partial charge in [-0.15, -0.1) is 0 Å². The van der Waals surface area contributed by atoms with Crippen molar-refractivity contribution in [3.63, 3.8) is 0 Å². The molecule has 2 aromatic carbocycles. The summed E-state index contributed by atoms with van der Waals surface area (Å²) in [4.78, 5) is 9.21. The highest BCUT2D eigenvalue weighted by Crippen LogP contribution is 2.35. The normalized spacial score (nSPS) is 16.8. The van der Waals surface area contributed by atoms with Gasteiger partial charge in [-0.1, -0.05) is 48.0 Å². The first-order valence-corrected chi connectivity index (χ1v) is 10.3. The summed E-state index contributed by atoms with van der Waals surface area (Å²) in [7, 11) is 0. The molecule has 146 valence electrons. The van der Waals surface area contributed by atoms with Crippen molar-refractivity contribution in [2.75, 3.05) is 18.4 Å². The van der Waals surface area contributed by atoms with Crippen molar-refractivity contribution >= 4 is 28.5 Å². The third-order valence-electron chi connectivity index (χ3n) is 5.38. The van der Waals surface area contributed by atoms with Crippen molar-refractivity contribution < 1.29 is 0 Å². The molecule has 29 heavy (non-hydrogen) atoms. The van der Waals surface area contributed by atoms with Gasteiger partial charge >= 0.3 is 0 Å². The van der Waals surface area contributed by atoms with Crippen molar-refractivity contribution in [1.82, 2.24) is 19.9 Å².